The Hall–Kier alpha value is -1.30. The summed E-state index contributed by atoms with van der Waals surface area (Å²) in [6.07, 6.45) is 3.71. The molecule has 2 N–H and O–H groups in total. The van der Waals surface area contributed by atoms with Gasteiger partial charge < -0.3 is 20.0 Å². The lowest BCUT2D eigenvalue weighted by Gasteiger charge is -2.34. The number of carbonyl (C=O) groups excluding carboxylic acids is 1. The number of aliphatic hydroxyl groups excluding tert-OH is 1. The third-order valence-electron chi connectivity index (χ3n) is 3.57. The van der Waals surface area contributed by atoms with Crippen molar-refractivity contribution in [2.75, 3.05) is 20.2 Å². The van der Waals surface area contributed by atoms with Crippen LogP contribution in [-0.4, -0.2) is 64.3 Å². The smallest absolute Gasteiger partial charge is 0.326 e. The second kappa shape index (κ2) is 6.58. The summed E-state index contributed by atoms with van der Waals surface area (Å²) >= 11 is 0. The predicted octanol–water partition coefficient (Wildman–Crippen LogP) is 0.748. The van der Waals surface area contributed by atoms with E-state index in [1.54, 1.807) is 4.90 Å². The zero-order chi connectivity index (χ0) is 13.7. The Bertz CT molecular complexity index is 308. The molecule has 0 aromatic rings. The molecule has 6 heteroatoms. The highest BCUT2D eigenvalue weighted by atomic mass is 16.4. The maximum atomic E-state index is 12.2. The molecule has 104 valence electrons. The highest BCUT2D eigenvalue weighted by Gasteiger charge is 2.30. The first-order valence-electron chi connectivity index (χ1n) is 6.36. The van der Waals surface area contributed by atoms with Crippen LogP contribution in [0.2, 0.25) is 0 Å². The average Bonchev–Trinajstić information content (AvgIpc) is 2.60. The molecule has 0 saturated carbocycles. The summed E-state index contributed by atoms with van der Waals surface area (Å²) in [5.74, 6) is -1.03. The van der Waals surface area contributed by atoms with Crippen molar-refractivity contribution < 1.29 is 19.8 Å². The van der Waals surface area contributed by atoms with Crippen molar-refractivity contribution in [1.82, 2.24) is 9.80 Å². The Balaban J connectivity index is 2.75. The number of amides is 2. The van der Waals surface area contributed by atoms with Crippen LogP contribution in [0.5, 0.6) is 0 Å². The van der Waals surface area contributed by atoms with Gasteiger partial charge in [0, 0.05) is 13.6 Å². The molecule has 0 spiro atoms. The fraction of sp³-hybridized carbons (Fsp3) is 0.833. The van der Waals surface area contributed by atoms with Crippen LogP contribution in [0.1, 0.15) is 32.6 Å². The number of likely N-dealkylation sites (tertiary alicyclic amines) is 1. The standard InChI is InChI=1S/C12H22N2O4/c1-9(11(16)17)13(2)12(18)14-7-5-3-4-6-10(14)8-15/h9-10,15H,3-8H2,1-2H3,(H,16,17). The molecule has 2 atom stereocenters. The molecule has 0 aromatic carbocycles. The number of aliphatic hydroxyl groups is 1. The zero-order valence-electron chi connectivity index (χ0n) is 11.0. The molecule has 0 bridgehead atoms. The summed E-state index contributed by atoms with van der Waals surface area (Å²) in [5, 5.41) is 18.3. The van der Waals surface area contributed by atoms with Gasteiger partial charge in [0.25, 0.3) is 0 Å². The monoisotopic (exact) mass is 258 g/mol. The molecule has 1 aliphatic rings. The molecule has 1 heterocycles. The maximum Gasteiger partial charge on any atom is 0.326 e. The molecule has 1 aliphatic heterocycles. The minimum atomic E-state index is -1.03. The van der Waals surface area contributed by atoms with Gasteiger partial charge in [-0.25, -0.2) is 9.59 Å². The first-order valence-corrected chi connectivity index (χ1v) is 6.36. The molecule has 1 saturated heterocycles. The second-order valence-electron chi connectivity index (χ2n) is 4.79. The van der Waals surface area contributed by atoms with Gasteiger partial charge in [-0.1, -0.05) is 12.8 Å². The highest BCUT2D eigenvalue weighted by molar-refractivity contribution is 5.82. The van der Waals surface area contributed by atoms with Gasteiger partial charge in [0.1, 0.15) is 6.04 Å². The van der Waals surface area contributed by atoms with Gasteiger partial charge in [-0.15, -0.1) is 0 Å². The van der Waals surface area contributed by atoms with Crippen molar-refractivity contribution in [3.8, 4) is 0 Å². The summed E-state index contributed by atoms with van der Waals surface area (Å²) < 4.78 is 0. The Labute approximate surface area is 107 Å². The summed E-state index contributed by atoms with van der Waals surface area (Å²) in [4.78, 5) is 26.0. The van der Waals surface area contributed by atoms with E-state index in [0.717, 1.165) is 25.7 Å². The fourth-order valence-corrected chi connectivity index (χ4v) is 2.15. The summed E-state index contributed by atoms with van der Waals surface area (Å²) in [6.45, 7) is 1.99. The van der Waals surface area contributed by atoms with Crippen molar-refractivity contribution in [3.63, 3.8) is 0 Å². The van der Waals surface area contributed by atoms with Crippen molar-refractivity contribution in [2.45, 2.75) is 44.7 Å². The summed E-state index contributed by atoms with van der Waals surface area (Å²) in [6, 6.07) is -1.37. The van der Waals surface area contributed by atoms with Gasteiger partial charge in [-0.2, -0.15) is 0 Å². The summed E-state index contributed by atoms with van der Waals surface area (Å²) in [5.41, 5.74) is 0. The number of hydrogen-bond donors (Lipinski definition) is 2. The van der Waals surface area contributed by atoms with Gasteiger partial charge >= 0.3 is 12.0 Å². The van der Waals surface area contributed by atoms with Crippen molar-refractivity contribution in [2.24, 2.45) is 0 Å². The maximum absolute atomic E-state index is 12.2. The predicted molar refractivity (Wildman–Crippen MR) is 66.3 cm³/mol. The molecule has 2 amide bonds. The van der Waals surface area contributed by atoms with Gasteiger partial charge in [0.15, 0.2) is 0 Å². The topological polar surface area (TPSA) is 81.1 Å². The van der Waals surface area contributed by atoms with Crippen LogP contribution in [0.4, 0.5) is 4.79 Å². The van der Waals surface area contributed by atoms with Crippen molar-refractivity contribution in [3.05, 3.63) is 0 Å². The van der Waals surface area contributed by atoms with E-state index in [1.165, 1.54) is 18.9 Å². The van der Waals surface area contributed by atoms with E-state index < -0.39 is 12.0 Å². The number of rotatable bonds is 3. The molecular formula is C12H22N2O4. The van der Waals surface area contributed by atoms with E-state index in [1.807, 2.05) is 0 Å². The molecule has 1 fully saturated rings. The number of hydrogen-bond acceptors (Lipinski definition) is 3. The van der Waals surface area contributed by atoms with Gasteiger partial charge in [0.05, 0.1) is 12.6 Å². The number of likely N-dealkylation sites (N-methyl/N-ethyl adjacent to an activating group) is 1. The largest absolute Gasteiger partial charge is 0.480 e. The van der Waals surface area contributed by atoms with Gasteiger partial charge in [0.2, 0.25) is 0 Å². The van der Waals surface area contributed by atoms with E-state index >= 15 is 0 Å². The number of carbonyl (C=O) groups is 2. The molecule has 0 aromatic heterocycles. The third-order valence-corrected chi connectivity index (χ3v) is 3.57. The van der Waals surface area contributed by atoms with E-state index in [-0.39, 0.29) is 18.7 Å². The molecule has 18 heavy (non-hydrogen) atoms. The SMILES string of the molecule is CC(C(=O)O)N(C)C(=O)N1CCCCCC1CO. The Morgan fingerprint density at radius 1 is 1.39 bits per heavy atom. The van der Waals surface area contributed by atoms with Gasteiger partial charge in [-0.05, 0) is 19.8 Å². The van der Waals surface area contributed by atoms with Crippen LogP contribution >= 0.6 is 0 Å². The van der Waals surface area contributed by atoms with E-state index in [2.05, 4.69) is 0 Å². The molecular weight excluding hydrogens is 236 g/mol. The number of nitrogens with zero attached hydrogens (tertiary/aromatic N) is 2. The molecule has 0 radical (unpaired) electrons. The van der Waals surface area contributed by atoms with E-state index in [0.29, 0.717) is 6.54 Å². The van der Waals surface area contributed by atoms with E-state index in [9.17, 15) is 14.7 Å². The van der Waals surface area contributed by atoms with Crippen LogP contribution in [0.25, 0.3) is 0 Å². The third kappa shape index (κ3) is 3.35. The molecule has 6 nitrogen and oxygen atoms in total. The Kier molecular flexibility index (Phi) is 5.40. The van der Waals surface area contributed by atoms with Crippen LogP contribution in [-0.2, 0) is 4.79 Å². The normalized spacial score (nSPS) is 22.2. The fourth-order valence-electron chi connectivity index (χ4n) is 2.15. The zero-order valence-corrected chi connectivity index (χ0v) is 11.0. The first kappa shape index (κ1) is 14.8. The average molecular weight is 258 g/mol. The minimum absolute atomic E-state index is 0.0684. The lowest BCUT2D eigenvalue weighted by molar-refractivity contribution is -0.141. The summed E-state index contributed by atoms with van der Waals surface area (Å²) in [7, 11) is 1.49. The lowest BCUT2D eigenvalue weighted by Crippen LogP contribution is -2.52. The van der Waals surface area contributed by atoms with Crippen LogP contribution in [0.3, 0.4) is 0 Å². The quantitative estimate of drug-likeness (QED) is 0.782. The van der Waals surface area contributed by atoms with E-state index in [4.69, 9.17) is 5.11 Å². The first-order chi connectivity index (χ1) is 8.49. The number of urea groups is 1. The Morgan fingerprint density at radius 2 is 2.06 bits per heavy atom. The Morgan fingerprint density at radius 3 is 2.61 bits per heavy atom. The lowest BCUT2D eigenvalue weighted by atomic mass is 10.1. The van der Waals surface area contributed by atoms with Gasteiger partial charge in [-0.3, -0.25) is 0 Å². The minimum Gasteiger partial charge on any atom is -0.480 e. The van der Waals surface area contributed by atoms with Crippen LogP contribution in [0, 0.1) is 0 Å². The second-order valence-corrected chi connectivity index (χ2v) is 4.79. The van der Waals surface area contributed by atoms with Crippen molar-refractivity contribution >= 4 is 12.0 Å². The van der Waals surface area contributed by atoms with Crippen LogP contribution < -0.4 is 0 Å². The molecule has 2 unspecified atom stereocenters. The number of aliphatic carboxylic acids is 1. The number of carboxylic acid groups (broad SMARTS) is 1. The molecule has 0 aliphatic carbocycles. The molecule has 1 rings (SSSR count). The highest BCUT2D eigenvalue weighted by Crippen LogP contribution is 2.18. The van der Waals surface area contributed by atoms with Crippen molar-refractivity contribution in [1.29, 1.82) is 0 Å². The number of carboxylic acids is 1. The van der Waals surface area contributed by atoms with Crippen LogP contribution in [0.15, 0.2) is 0 Å².